The molecule has 0 aliphatic carbocycles. The quantitative estimate of drug-likeness (QED) is 0.151. The van der Waals surface area contributed by atoms with Gasteiger partial charge in [-0.1, -0.05) is 114 Å². The van der Waals surface area contributed by atoms with Crippen molar-refractivity contribution < 1.29 is 19.1 Å². The van der Waals surface area contributed by atoms with Crippen LogP contribution in [0.3, 0.4) is 0 Å². The van der Waals surface area contributed by atoms with E-state index in [0.717, 1.165) is 24.0 Å². The third-order valence-electron chi connectivity index (χ3n) is 9.86. The lowest BCUT2D eigenvalue weighted by molar-refractivity contribution is -0.123. The Morgan fingerprint density at radius 3 is 2.26 bits per heavy atom. The minimum atomic E-state index is -1.03. The summed E-state index contributed by atoms with van der Waals surface area (Å²) < 4.78 is 12.8. The highest BCUT2D eigenvalue weighted by atomic mass is 35.5. The summed E-state index contributed by atoms with van der Waals surface area (Å²) in [5.41, 5.74) is 5.14. The maximum atomic E-state index is 14.1. The second kappa shape index (κ2) is 15.1. The lowest BCUT2D eigenvalue weighted by Crippen LogP contribution is -2.37. The summed E-state index contributed by atoms with van der Waals surface area (Å²) in [6.07, 6.45) is 0.534. The standard InChI is InChI=1S/C42H48ClN3O4/c1-9-35(50-36-24-21-29(41(5,6)10-2)26-32(36)42(7,8)11-3)39(47)44-33-17-12-13-18-34(33)46-40(48)38(49-31-22-19-27(4)20-23-31)37(45-46)28-15-14-16-30(43)25-28/h12-26,35,38H,9-11H2,1-8H3,(H,44,47). The molecular formula is C42H48ClN3O4. The highest BCUT2D eigenvalue weighted by molar-refractivity contribution is 6.31. The molecule has 2 atom stereocenters. The van der Waals surface area contributed by atoms with E-state index in [1.165, 1.54) is 10.6 Å². The average Bonchev–Trinajstić information content (AvgIpc) is 3.43. The van der Waals surface area contributed by atoms with Gasteiger partial charge in [-0.05, 0) is 85.0 Å². The molecule has 1 N–H and O–H groups in total. The fourth-order valence-corrected chi connectivity index (χ4v) is 5.95. The van der Waals surface area contributed by atoms with E-state index >= 15 is 0 Å². The van der Waals surface area contributed by atoms with Crippen LogP contribution < -0.4 is 19.8 Å². The SMILES string of the molecule is CCC(Oc1ccc(C(C)(C)CC)cc1C(C)(C)CC)C(=O)Nc1ccccc1N1N=C(c2cccc(Cl)c2)C(Oc2ccc(C)cc2)C1=O. The van der Waals surface area contributed by atoms with Crippen LogP contribution in [-0.4, -0.2) is 29.7 Å². The lowest BCUT2D eigenvalue weighted by Gasteiger charge is -2.31. The fraction of sp³-hybridized carbons (Fsp3) is 0.357. The molecule has 0 bridgehead atoms. The van der Waals surface area contributed by atoms with Gasteiger partial charge in [0.05, 0.1) is 11.4 Å². The largest absolute Gasteiger partial charge is 0.480 e. The number of anilines is 2. The summed E-state index contributed by atoms with van der Waals surface area (Å²) in [5, 5.41) is 9.61. The number of nitrogens with one attached hydrogen (secondary N) is 1. The van der Waals surface area contributed by atoms with Gasteiger partial charge in [-0.2, -0.15) is 10.1 Å². The van der Waals surface area contributed by atoms with Gasteiger partial charge in [-0.25, -0.2) is 0 Å². The van der Waals surface area contributed by atoms with E-state index in [9.17, 15) is 9.59 Å². The molecule has 0 saturated heterocycles. The number of hydrazone groups is 1. The minimum Gasteiger partial charge on any atom is -0.480 e. The van der Waals surface area contributed by atoms with Gasteiger partial charge in [0.25, 0.3) is 11.8 Å². The smallest absolute Gasteiger partial charge is 0.294 e. The van der Waals surface area contributed by atoms with Crippen molar-refractivity contribution in [3.05, 3.63) is 118 Å². The summed E-state index contributed by atoms with van der Waals surface area (Å²) in [5.74, 6) is 0.514. The van der Waals surface area contributed by atoms with E-state index in [1.807, 2.05) is 50.2 Å². The Labute approximate surface area is 301 Å². The van der Waals surface area contributed by atoms with Crippen molar-refractivity contribution in [3.8, 4) is 11.5 Å². The number of amides is 2. The Bertz CT molecular complexity index is 1880. The van der Waals surface area contributed by atoms with Crippen LogP contribution in [0.2, 0.25) is 5.02 Å². The van der Waals surface area contributed by atoms with Crippen LogP contribution in [0.4, 0.5) is 11.4 Å². The van der Waals surface area contributed by atoms with Crippen LogP contribution in [-0.2, 0) is 20.4 Å². The molecular weight excluding hydrogens is 646 g/mol. The molecule has 1 aliphatic heterocycles. The summed E-state index contributed by atoms with van der Waals surface area (Å²) in [6.45, 7) is 17.2. The lowest BCUT2D eigenvalue weighted by atomic mass is 9.76. The van der Waals surface area contributed by atoms with E-state index in [-0.39, 0.29) is 16.7 Å². The molecule has 1 aliphatic rings. The molecule has 8 heteroatoms. The van der Waals surface area contributed by atoms with Crippen LogP contribution >= 0.6 is 11.6 Å². The van der Waals surface area contributed by atoms with Gasteiger partial charge in [0.2, 0.25) is 6.10 Å². The number of halogens is 1. The maximum Gasteiger partial charge on any atom is 0.294 e. The Morgan fingerprint density at radius 1 is 0.900 bits per heavy atom. The molecule has 4 aromatic rings. The average molecular weight is 694 g/mol. The van der Waals surface area contributed by atoms with Gasteiger partial charge in [0, 0.05) is 16.1 Å². The van der Waals surface area contributed by atoms with E-state index in [2.05, 4.69) is 59.0 Å². The van der Waals surface area contributed by atoms with Gasteiger partial charge in [-0.15, -0.1) is 0 Å². The van der Waals surface area contributed by atoms with Crippen molar-refractivity contribution in [2.45, 2.75) is 97.7 Å². The number of hydrogen-bond donors (Lipinski definition) is 1. The van der Waals surface area contributed by atoms with Gasteiger partial charge >= 0.3 is 0 Å². The van der Waals surface area contributed by atoms with E-state index in [0.29, 0.717) is 45.6 Å². The number of carbonyl (C=O) groups excluding carboxylic acids is 2. The monoisotopic (exact) mass is 693 g/mol. The second-order valence-corrected chi connectivity index (χ2v) is 14.6. The molecule has 5 rings (SSSR count). The molecule has 1 heterocycles. The molecule has 4 aromatic carbocycles. The zero-order chi connectivity index (χ0) is 36.2. The molecule has 262 valence electrons. The molecule has 50 heavy (non-hydrogen) atoms. The Morgan fingerprint density at radius 2 is 1.60 bits per heavy atom. The van der Waals surface area contributed by atoms with Gasteiger partial charge in [0.15, 0.2) is 6.10 Å². The van der Waals surface area contributed by atoms with Gasteiger partial charge in [-0.3, -0.25) is 9.59 Å². The summed E-state index contributed by atoms with van der Waals surface area (Å²) in [6, 6.07) is 28.1. The number of carbonyl (C=O) groups is 2. The first-order chi connectivity index (χ1) is 23.8. The molecule has 0 saturated carbocycles. The fourth-order valence-electron chi connectivity index (χ4n) is 5.76. The van der Waals surface area contributed by atoms with Crippen LogP contribution in [0.25, 0.3) is 0 Å². The molecule has 7 nitrogen and oxygen atoms in total. The molecule has 0 radical (unpaired) electrons. The van der Waals surface area contributed by atoms with Crippen LogP contribution in [0.1, 0.15) is 90.0 Å². The zero-order valence-corrected chi connectivity index (χ0v) is 31.1. The first kappa shape index (κ1) is 36.7. The number of rotatable bonds is 13. The van der Waals surface area contributed by atoms with Crippen LogP contribution in [0, 0.1) is 6.92 Å². The highest BCUT2D eigenvalue weighted by Crippen LogP contribution is 2.39. The Hall–Kier alpha value is -4.62. The minimum absolute atomic E-state index is 0.00859. The summed E-state index contributed by atoms with van der Waals surface area (Å²) >= 11 is 6.35. The predicted molar refractivity (Wildman–Crippen MR) is 204 cm³/mol. The number of hydrogen-bond acceptors (Lipinski definition) is 5. The van der Waals surface area contributed by atoms with Crippen LogP contribution in [0.15, 0.2) is 96.1 Å². The van der Waals surface area contributed by atoms with Crippen molar-refractivity contribution in [3.63, 3.8) is 0 Å². The second-order valence-electron chi connectivity index (χ2n) is 14.2. The molecule has 2 amide bonds. The number of benzene rings is 4. The molecule has 0 aromatic heterocycles. The molecule has 0 spiro atoms. The number of para-hydroxylation sites is 2. The van der Waals surface area contributed by atoms with E-state index in [1.54, 1.807) is 42.5 Å². The van der Waals surface area contributed by atoms with Crippen molar-refractivity contribution in [2.24, 2.45) is 5.10 Å². The van der Waals surface area contributed by atoms with Crippen molar-refractivity contribution in [1.29, 1.82) is 0 Å². The molecule has 2 unspecified atom stereocenters. The third-order valence-corrected chi connectivity index (χ3v) is 10.1. The first-order valence-corrected chi connectivity index (χ1v) is 17.8. The van der Waals surface area contributed by atoms with Crippen molar-refractivity contribution >= 4 is 40.5 Å². The summed E-state index contributed by atoms with van der Waals surface area (Å²) in [7, 11) is 0. The van der Waals surface area contributed by atoms with Gasteiger partial charge in [0.1, 0.15) is 17.2 Å². The first-order valence-electron chi connectivity index (χ1n) is 17.4. The zero-order valence-electron chi connectivity index (χ0n) is 30.3. The normalized spacial score (nSPS) is 15.5. The highest BCUT2D eigenvalue weighted by Gasteiger charge is 2.41. The Balaban J connectivity index is 1.45. The van der Waals surface area contributed by atoms with E-state index in [4.69, 9.17) is 26.2 Å². The number of aryl methyl sites for hydroxylation is 1. The third kappa shape index (κ3) is 7.89. The maximum absolute atomic E-state index is 14.1. The molecule has 0 fully saturated rings. The van der Waals surface area contributed by atoms with Gasteiger partial charge < -0.3 is 14.8 Å². The predicted octanol–water partition coefficient (Wildman–Crippen LogP) is 10.0. The number of ether oxygens (including phenoxy) is 2. The van der Waals surface area contributed by atoms with Crippen LogP contribution in [0.5, 0.6) is 11.5 Å². The van der Waals surface area contributed by atoms with Crippen molar-refractivity contribution in [1.82, 2.24) is 0 Å². The summed E-state index contributed by atoms with van der Waals surface area (Å²) in [4.78, 5) is 28.1. The van der Waals surface area contributed by atoms with Crippen molar-refractivity contribution in [2.75, 3.05) is 10.3 Å². The van der Waals surface area contributed by atoms with E-state index < -0.39 is 18.1 Å². The topological polar surface area (TPSA) is 80.2 Å². The number of nitrogens with zero attached hydrogens (tertiary/aromatic N) is 2. The Kier molecular flexibility index (Phi) is 11.1.